The van der Waals surface area contributed by atoms with Gasteiger partial charge in [-0.2, -0.15) is 21.5 Å². The lowest BCUT2D eigenvalue weighted by Gasteiger charge is -2.39. The standard InChI is InChI=1S/C34H36Cl2F2N6O5S2/c35-24-5-4-6-25(36)28(24)29-23(31(49-41-29)18-7-8-18)17-39-20-15-21-9-10-22(16-20)44(21)34-40-30-26(48-33(37)38)13-19(14-27(30)50-34)32(45)42-51(46,47)43-11-2-1-3-12-43/h4-6,13-14,18,20-22,33,39H,1-3,7-12,15-17H2,(H,42,45). The smallest absolute Gasteiger partial charge is 0.387 e. The zero-order chi connectivity index (χ0) is 35.4. The van der Waals surface area contributed by atoms with Gasteiger partial charge in [0, 0.05) is 60.4 Å². The van der Waals surface area contributed by atoms with E-state index in [1.54, 1.807) is 18.2 Å². The number of nitrogens with one attached hydrogen (secondary N) is 2. The summed E-state index contributed by atoms with van der Waals surface area (Å²) in [6.07, 6.45) is 7.99. The first kappa shape index (κ1) is 35.0. The number of halogens is 4. The molecule has 17 heteroatoms. The number of aromatic nitrogens is 2. The molecule has 4 aliphatic rings. The Bertz CT molecular complexity index is 2040. The Labute approximate surface area is 307 Å². The van der Waals surface area contributed by atoms with Crippen LogP contribution in [0, 0.1) is 0 Å². The van der Waals surface area contributed by atoms with Crippen LogP contribution in [-0.2, 0) is 16.8 Å². The molecule has 1 aliphatic carbocycles. The first-order chi connectivity index (χ1) is 24.6. The molecule has 2 aromatic carbocycles. The van der Waals surface area contributed by atoms with Gasteiger partial charge >= 0.3 is 16.8 Å². The van der Waals surface area contributed by atoms with Crippen molar-refractivity contribution in [2.24, 2.45) is 0 Å². The molecular formula is C34H36Cl2F2N6O5S2. The number of nitrogens with zero attached hydrogens (tertiary/aromatic N) is 4. The van der Waals surface area contributed by atoms with Crippen LogP contribution in [0.4, 0.5) is 13.9 Å². The Balaban J connectivity index is 1.01. The molecule has 0 spiro atoms. The SMILES string of the molecule is O=C(NS(=O)(=O)N1CCCCC1)c1cc(OC(F)F)c2nc(N3C4CCC3CC(NCc3c(-c5c(Cl)cccc5Cl)noc3C3CC3)C4)sc2c1. The number of rotatable bonds is 11. The molecule has 5 heterocycles. The monoisotopic (exact) mass is 780 g/mol. The van der Waals surface area contributed by atoms with Crippen molar-refractivity contribution in [2.45, 2.75) is 95.0 Å². The van der Waals surface area contributed by atoms with Gasteiger partial charge in [0.1, 0.15) is 17.0 Å². The second-order valence-electron chi connectivity index (χ2n) is 13.7. The van der Waals surface area contributed by atoms with E-state index in [0.717, 1.165) is 62.3 Å². The van der Waals surface area contributed by atoms with Crippen molar-refractivity contribution in [3.8, 4) is 17.0 Å². The molecule has 1 saturated carbocycles. The normalized spacial score (nSPS) is 22.6. The van der Waals surface area contributed by atoms with Crippen molar-refractivity contribution in [1.29, 1.82) is 0 Å². The van der Waals surface area contributed by atoms with Crippen LogP contribution in [0.3, 0.4) is 0 Å². The summed E-state index contributed by atoms with van der Waals surface area (Å²) in [4.78, 5) is 20.2. The first-order valence-electron chi connectivity index (χ1n) is 17.2. The van der Waals surface area contributed by atoms with E-state index in [1.807, 2.05) is 0 Å². The minimum Gasteiger partial charge on any atom is -0.432 e. The fraction of sp³-hybridized carbons (Fsp3) is 0.500. The number of fused-ring (bicyclic) bond motifs is 3. The Hall–Kier alpha value is -3.08. The van der Waals surface area contributed by atoms with Crippen LogP contribution in [0.5, 0.6) is 5.75 Å². The number of benzene rings is 2. The summed E-state index contributed by atoms with van der Waals surface area (Å²) in [6, 6.07) is 8.51. The third-order valence-electron chi connectivity index (χ3n) is 10.3. The fourth-order valence-electron chi connectivity index (χ4n) is 7.74. The van der Waals surface area contributed by atoms with Gasteiger partial charge in [-0.05, 0) is 75.6 Å². The molecule has 0 radical (unpaired) electrons. The number of amides is 1. The topological polar surface area (TPSA) is 130 Å². The van der Waals surface area contributed by atoms with E-state index < -0.39 is 22.7 Å². The van der Waals surface area contributed by atoms with Gasteiger partial charge in [-0.3, -0.25) is 4.79 Å². The van der Waals surface area contributed by atoms with E-state index in [-0.39, 0.29) is 35.0 Å². The summed E-state index contributed by atoms with van der Waals surface area (Å²) in [5, 5.41) is 9.85. The molecule has 272 valence electrons. The molecule has 8 rings (SSSR count). The van der Waals surface area contributed by atoms with Gasteiger partial charge in [-0.1, -0.05) is 52.2 Å². The zero-order valence-corrected chi connectivity index (χ0v) is 30.6. The van der Waals surface area contributed by atoms with Gasteiger partial charge in [0.25, 0.3) is 5.91 Å². The molecule has 2 bridgehead atoms. The molecule has 11 nitrogen and oxygen atoms in total. The summed E-state index contributed by atoms with van der Waals surface area (Å²) < 4.78 is 67.3. The van der Waals surface area contributed by atoms with Gasteiger partial charge in [0.05, 0.1) is 14.7 Å². The Morgan fingerprint density at radius 1 is 1.06 bits per heavy atom. The van der Waals surface area contributed by atoms with Crippen molar-refractivity contribution in [2.75, 3.05) is 18.0 Å². The van der Waals surface area contributed by atoms with Gasteiger partial charge in [-0.25, -0.2) is 9.71 Å². The van der Waals surface area contributed by atoms with Crippen LogP contribution >= 0.6 is 34.5 Å². The number of thiazole rings is 1. The predicted molar refractivity (Wildman–Crippen MR) is 191 cm³/mol. The number of carbonyl (C=O) groups is 1. The van der Waals surface area contributed by atoms with E-state index in [0.29, 0.717) is 69.5 Å². The number of carbonyl (C=O) groups excluding carboxylic acids is 1. The highest BCUT2D eigenvalue weighted by Gasteiger charge is 2.43. The van der Waals surface area contributed by atoms with E-state index in [9.17, 15) is 22.0 Å². The van der Waals surface area contributed by atoms with Crippen molar-refractivity contribution >= 4 is 66.0 Å². The number of anilines is 1. The first-order valence-corrected chi connectivity index (χ1v) is 20.2. The van der Waals surface area contributed by atoms with Crippen LogP contribution in [0.25, 0.3) is 21.5 Å². The largest absolute Gasteiger partial charge is 0.432 e. The zero-order valence-electron chi connectivity index (χ0n) is 27.4. The number of alkyl halides is 2. The van der Waals surface area contributed by atoms with Gasteiger partial charge in [-0.15, -0.1) is 0 Å². The van der Waals surface area contributed by atoms with Gasteiger partial charge < -0.3 is 19.5 Å². The van der Waals surface area contributed by atoms with Crippen LogP contribution in [0.1, 0.15) is 85.4 Å². The van der Waals surface area contributed by atoms with Crippen molar-refractivity contribution < 1.29 is 31.3 Å². The maximum Gasteiger partial charge on any atom is 0.387 e. The Kier molecular flexibility index (Phi) is 9.63. The second-order valence-corrected chi connectivity index (χ2v) is 17.2. The van der Waals surface area contributed by atoms with E-state index in [2.05, 4.69) is 20.1 Å². The van der Waals surface area contributed by atoms with Gasteiger partial charge in [0.2, 0.25) is 0 Å². The predicted octanol–water partition coefficient (Wildman–Crippen LogP) is 7.49. The Morgan fingerprint density at radius 3 is 2.43 bits per heavy atom. The van der Waals surface area contributed by atoms with Crippen molar-refractivity contribution in [1.82, 2.24) is 24.5 Å². The Morgan fingerprint density at radius 2 is 1.76 bits per heavy atom. The average Bonchev–Trinajstić information content (AvgIpc) is 3.62. The highest BCUT2D eigenvalue weighted by atomic mass is 35.5. The molecule has 2 unspecified atom stereocenters. The van der Waals surface area contributed by atoms with Crippen LogP contribution in [0.15, 0.2) is 34.9 Å². The highest BCUT2D eigenvalue weighted by Crippen LogP contribution is 2.47. The highest BCUT2D eigenvalue weighted by molar-refractivity contribution is 7.87. The van der Waals surface area contributed by atoms with Gasteiger partial charge in [0.15, 0.2) is 10.9 Å². The third kappa shape index (κ3) is 7.05. The lowest BCUT2D eigenvalue weighted by atomic mass is 9.97. The molecule has 3 aliphatic heterocycles. The molecule has 3 saturated heterocycles. The summed E-state index contributed by atoms with van der Waals surface area (Å²) in [7, 11) is -4.09. The minimum atomic E-state index is -4.09. The molecule has 51 heavy (non-hydrogen) atoms. The molecule has 4 fully saturated rings. The summed E-state index contributed by atoms with van der Waals surface area (Å²) >= 11 is 14.4. The summed E-state index contributed by atoms with van der Waals surface area (Å²) in [5.41, 5.74) is 2.41. The van der Waals surface area contributed by atoms with Crippen LogP contribution < -0.4 is 19.7 Å². The lowest BCUT2D eigenvalue weighted by Crippen LogP contribution is -2.49. The van der Waals surface area contributed by atoms with E-state index in [1.165, 1.54) is 21.7 Å². The number of piperidine rings is 2. The summed E-state index contributed by atoms with van der Waals surface area (Å²) in [6.45, 7) is -1.99. The summed E-state index contributed by atoms with van der Waals surface area (Å²) in [5.74, 6) is 0.0264. The molecule has 4 aromatic rings. The van der Waals surface area contributed by atoms with Crippen molar-refractivity contribution in [3.05, 3.63) is 57.3 Å². The minimum absolute atomic E-state index is 0.100. The third-order valence-corrected chi connectivity index (χ3v) is 13.4. The molecular weight excluding hydrogens is 745 g/mol. The fourth-order valence-corrected chi connectivity index (χ4v) is 10.7. The number of hydrogen-bond acceptors (Lipinski definition) is 10. The van der Waals surface area contributed by atoms with E-state index >= 15 is 0 Å². The average molecular weight is 782 g/mol. The number of hydrogen-bond donors (Lipinski definition) is 2. The maximum atomic E-state index is 13.6. The van der Waals surface area contributed by atoms with E-state index in [4.69, 9.17) is 37.4 Å². The van der Waals surface area contributed by atoms with Crippen LogP contribution in [-0.4, -0.2) is 66.6 Å². The molecule has 2 N–H and O–H groups in total. The quantitative estimate of drug-likeness (QED) is 0.159. The van der Waals surface area contributed by atoms with Crippen molar-refractivity contribution in [3.63, 3.8) is 0 Å². The second kappa shape index (κ2) is 14.0. The van der Waals surface area contributed by atoms with Crippen LogP contribution in [0.2, 0.25) is 10.0 Å². The number of ether oxygens (including phenoxy) is 1. The molecule has 2 atom stereocenters. The lowest BCUT2D eigenvalue weighted by molar-refractivity contribution is -0.0489. The molecule has 1 amide bonds. The maximum absolute atomic E-state index is 13.6. The molecule has 2 aromatic heterocycles.